The van der Waals surface area contributed by atoms with Gasteiger partial charge in [0.05, 0.1) is 4.90 Å². The molecule has 1 amide bonds. The van der Waals surface area contributed by atoms with E-state index in [1.807, 2.05) is 19.9 Å². The maximum atomic E-state index is 12.7. The van der Waals surface area contributed by atoms with E-state index in [4.69, 9.17) is 0 Å². The number of nitrogens with zero attached hydrogens (tertiary/aromatic N) is 1. The van der Waals surface area contributed by atoms with Crippen molar-refractivity contribution in [2.45, 2.75) is 38.5 Å². The molecule has 0 fully saturated rings. The Morgan fingerprint density at radius 2 is 1.76 bits per heavy atom. The first-order chi connectivity index (χ1) is 11.8. The van der Waals surface area contributed by atoms with Crippen LogP contribution in [-0.2, 0) is 21.2 Å². The summed E-state index contributed by atoms with van der Waals surface area (Å²) in [6, 6.07) is 10.6. The summed E-state index contributed by atoms with van der Waals surface area (Å²) in [6.45, 7) is 6.07. The van der Waals surface area contributed by atoms with E-state index in [2.05, 4.69) is 4.72 Å². The van der Waals surface area contributed by atoms with Crippen LogP contribution in [0.2, 0.25) is 0 Å². The Kier molecular flexibility index (Phi) is 4.56. The molecule has 1 aliphatic heterocycles. The van der Waals surface area contributed by atoms with Crippen molar-refractivity contribution in [2.24, 2.45) is 0 Å². The minimum atomic E-state index is -3.67. The molecule has 0 aromatic heterocycles. The maximum absolute atomic E-state index is 12.7. The summed E-state index contributed by atoms with van der Waals surface area (Å²) in [5.41, 5.74) is 4.26. The number of anilines is 2. The molecule has 5 nitrogen and oxygen atoms in total. The van der Waals surface area contributed by atoms with Gasteiger partial charge in [-0.25, -0.2) is 8.42 Å². The van der Waals surface area contributed by atoms with E-state index in [1.165, 1.54) is 6.92 Å². The van der Waals surface area contributed by atoms with Gasteiger partial charge in [0.2, 0.25) is 5.91 Å². The van der Waals surface area contributed by atoms with Crippen LogP contribution < -0.4 is 9.62 Å². The van der Waals surface area contributed by atoms with Gasteiger partial charge < -0.3 is 4.90 Å². The normalized spacial score (nSPS) is 14.1. The largest absolute Gasteiger partial charge is 0.312 e. The summed E-state index contributed by atoms with van der Waals surface area (Å²) >= 11 is 0. The summed E-state index contributed by atoms with van der Waals surface area (Å²) in [5.74, 6) is -0.0232. The first-order valence-corrected chi connectivity index (χ1v) is 9.77. The van der Waals surface area contributed by atoms with E-state index in [9.17, 15) is 13.2 Å². The first-order valence-electron chi connectivity index (χ1n) is 8.28. The Labute approximate surface area is 148 Å². The number of amides is 1. The Balaban J connectivity index is 1.94. The zero-order valence-corrected chi connectivity index (χ0v) is 15.5. The third-order valence-corrected chi connectivity index (χ3v) is 5.71. The SMILES string of the molecule is CC(=O)N1CCCc2cc(S(=O)(=O)Nc3cc(C)cc(C)c3)ccc21. The minimum Gasteiger partial charge on any atom is -0.312 e. The Morgan fingerprint density at radius 3 is 2.40 bits per heavy atom. The van der Waals surface area contributed by atoms with Crippen LogP contribution in [0.15, 0.2) is 41.3 Å². The maximum Gasteiger partial charge on any atom is 0.261 e. The average Bonchev–Trinajstić information content (AvgIpc) is 2.52. The van der Waals surface area contributed by atoms with Gasteiger partial charge in [-0.15, -0.1) is 0 Å². The minimum absolute atomic E-state index is 0.0232. The monoisotopic (exact) mass is 358 g/mol. The molecule has 0 aliphatic carbocycles. The van der Waals surface area contributed by atoms with Crippen LogP contribution in [0, 0.1) is 13.8 Å². The van der Waals surface area contributed by atoms with Crippen LogP contribution in [0.5, 0.6) is 0 Å². The molecule has 0 unspecified atom stereocenters. The summed E-state index contributed by atoms with van der Waals surface area (Å²) in [6.07, 6.45) is 1.60. The highest BCUT2D eigenvalue weighted by atomic mass is 32.2. The van der Waals surface area contributed by atoms with E-state index in [1.54, 1.807) is 35.2 Å². The molecule has 1 aliphatic rings. The molecular weight excluding hydrogens is 336 g/mol. The highest BCUT2D eigenvalue weighted by Crippen LogP contribution is 2.30. The number of sulfonamides is 1. The number of rotatable bonds is 3. The average molecular weight is 358 g/mol. The lowest BCUT2D eigenvalue weighted by atomic mass is 10.0. The quantitative estimate of drug-likeness (QED) is 0.914. The van der Waals surface area contributed by atoms with Crippen molar-refractivity contribution in [3.63, 3.8) is 0 Å². The van der Waals surface area contributed by atoms with Crippen molar-refractivity contribution in [3.8, 4) is 0 Å². The van der Waals surface area contributed by atoms with Crippen LogP contribution in [0.25, 0.3) is 0 Å². The second kappa shape index (κ2) is 6.52. The van der Waals surface area contributed by atoms with Crippen molar-refractivity contribution in [2.75, 3.05) is 16.2 Å². The third kappa shape index (κ3) is 3.69. The zero-order valence-electron chi connectivity index (χ0n) is 14.7. The van der Waals surface area contributed by atoms with Gasteiger partial charge in [-0.1, -0.05) is 6.07 Å². The first kappa shape index (κ1) is 17.5. The van der Waals surface area contributed by atoms with Crippen LogP contribution >= 0.6 is 0 Å². The molecule has 0 saturated carbocycles. The van der Waals surface area contributed by atoms with Gasteiger partial charge in [0.15, 0.2) is 0 Å². The second-order valence-corrected chi connectivity index (χ2v) is 8.23. The summed E-state index contributed by atoms with van der Waals surface area (Å²) in [5, 5.41) is 0. The number of hydrogen-bond acceptors (Lipinski definition) is 3. The number of nitrogens with one attached hydrogen (secondary N) is 1. The molecule has 0 spiro atoms. The van der Waals surface area contributed by atoms with Crippen molar-refractivity contribution >= 4 is 27.3 Å². The van der Waals surface area contributed by atoms with Gasteiger partial charge in [-0.3, -0.25) is 9.52 Å². The van der Waals surface area contributed by atoms with Gasteiger partial charge in [-0.05, 0) is 73.7 Å². The standard InChI is InChI=1S/C19H22N2O3S/c1-13-9-14(2)11-17(10-13)20-25(23,24)18-6-7-19-16(12-18)5-4-8-21(19)15(3)22/h6-7,9-12,20H,4-5,8H2,1-3H3. The number of carbonyl (C=O) groups excluding carboxylic acids is 1. The predicted molar refractivity (Wildman–Crippen MR) is 99.5 cm³/mol. The lowest BCUT2D eigenvalue weighted by Crippen LogP contribution is -2.33. The number of fused-ring (bicyclic) bond motifs is 1. The fraction of sp³-hybridized carbons (Fsp3) is 0.316. The molecule has 1 heterocycles. The van der Waals surface area contributed by atoms with Gasteiger partial charge in [0.25, 0.3) is 10.0 Å². The molecule has 2 aromatic rings. The van der Waals surface area contributed by atoms with Crippen LogP contribution in [-0.4, -0.2) is 20.9 Å². The molecule has 25 heavy (non-hydrogen) atoms. The Bertz CT molecular complexity index is 915. The van der Waals surface area contributed by atoms with Crippen molar-refractivity contribution in [1.82, 2.24) is 0 Å². The number of carbonyl (C=O) groups is 1. The van der Waals surface area contributed by atoms with Crippen LogP contribution in [0.1, 0.15) is 30.0 Å². The second-order valence-electron chi connectivity index (χ2n) is 6.55. The van der Waals surface area contributed by atoms with E-state index < -0.39 is 10.0 Å². The molecule has 6 heteroatoms. The van der Waals surface area contributed by atoms with E-state index in [-0.39, 0.29) is 10.8 Å². The number of hydrogen-bond donors (Lipinski definition) is 1. The van der Waals surface area contributed by atoms with E-state index >= 15 is 0 Å². The lowest BCUT2D eigenvalue weighted by Gasteiger charge is -2.28. The summed E-state index contributed by atoms with van der Waals surface area (Å²) in [7, 11) is -3.67. The topological polar surface area (TPSA) is 66.5 Å². The summed E-state index contributed by atoms with van der Waals surface area (Å²) in [4.78, 5) is 13.7. The highest BCUT2D eigenvalue weighted by Gasteiger charge is 2.23. The van der Waals surface area contributed by atoms with Gasteiger partial charge in [0.1, 0.15) is 0 Å². The molecular formula is C19H22N2O3S. The lowest BCUT2D eigenvalue weighted by molar-refractivity contribution is -0.116. The van der Waals surface area contributed by atoms with Crippen molar-refractivity contribution in [3.05, 3.63) is 53.1 Å². The fourth-order valence-corrected chi connectivity index (χ4v) is 4.41. The molecule has 132 valence electrons. The molecule has 2 aromatic carbocycles. The molecule has 0 saturated heterocycles. The van der Waals surface area contributed by atoms with Crippen LogP contribution in [0.4, 0.5) is 11.4 Å². The Morgan fingerprint density at radius 1 is 1.08 bits per heavy atom. The van der Waals surface area contributed by atoms with Gasteiger partial charge in [-0.2, -0.15) is 0 Å². The molecule has 0 bridgehead atoms. The smallest absolute Gasteiger partial charge is 0.261 e. The van der Waals surface area contributed by atoms with Gasteiger partial charge in [0, 0.05) is 24.8 Å². The third-order valence-electron chi connectivity index (χ3n) is 4.33. The highest BCUT2D eigenvalue weighted by molar-refractivity contribution is 7.92. The van der Waals surface area contributed by atoms with Crippen molar-refractivity contribution < 1.29 is 13.2 Å². The summed E-state index contributed by atoms with van der Waals surface area (Å²) < 4.78 is 28.1. The predicted octanol–water partition coefficient (Wildman–Crippen LogP) is 3.40. The number of aryl methyl sites for hydroxylation is 3. The fourth-order valence-electron chi connectivity index (χ4n) is 3.32. The molecule has 3 rings (SSSR count). The van der Waals surface area contributed by atoms with Crippen molar-refractivity contribution in [1.29, 1.82) is 0 Å². The number of benzene rings is 2. The van der Waals surface area contributed by atoms with Gasteiger partial charge >= 0.3 is 0 Å². The van der Waals surface area contributed by atoms with E-state index in [0.29, 0.717) is 12.2 Å². The zero-order chi connectivity index (χ0) is 18.2. The molecule has 0 radical (unpaired) electrons. The Hall–Kier alpha value is -2.34. The molecule has 1 N–H and O–H groups in total. The van der Waals surface area contributed by atoms with E-state index in [0.717, 1.165) is 35.2 Å². The molecule has 0 atom stereocenters. The van der Waals surface area contributed by atoms with Crippen LogP contribution in [0.3, 0.4) is 0 Å².